The average Bonchev–Trinajstić information content (AvgIpc) is 1.82. The van der Waals surface area contributed by atoms with Crippen LogP contribution in [0.3, 0.4) is 0 Å². The summed E-state index contributed by atoms with van der Waals surface area (Å²) in [5.74, 6) is -3.82. The molecule has 0 rings (SSSR count). The van der Waals surface area contributed by atoms with Crippen molar-refractivity contribution < 1.29 is 130 Å². The first-order valence-corrected chi connectivity index (χ1v) is 2.52. The van der Waals surface area contributed by atoms with E-state index in [4.69, 9.17) is 10.2 Å². The van der Waals surface area contributed by atoms with E-state index in [1.54, 1.807) is 0 Å². The van der Waals surface area contributed by atoms with Gasteiger partial charge in [-0.25, -0.2) is 4.79 Å². The van der Waals surface area contributed by atoms with E-state index in [9.17, 15) is 14.4 Å². The maximum atomic E-state index is 10.2. The second kappa shape index (κ2) is 11.0. The van der Waals surface area contributed by atoms with Gasteiger partial charge in [-0.1, -0.05) is 0 Å². The Kier molecular flexibility index (Phi) is 17.8. The molecule has 0 aromatic heterocycles. The van der Waals surface area contributed by atoms with Gasteiger partial charge in [-0.15, -0.1) is 0 Å². The van der Waals surface area contributed by atoms with E-state index in [2.05, 4.69) is 0 Å². The molecule has 7 heteroatoms. The smallest absolute Gasteiger partial charge is 1.00 e. The summed E-state index contributed by atoms with van der Waals surface area (Å²) >= 11 is 0. The van der Waals surface area contributed by atoms with Gasteiger partial charge in [0.1, 0.15) is 0 Å². The van der Waals surface area contributed by atoms with Crippen molar-refractivity contribution in [1.29, 1.82) is 0 Å². The fraction of sp³-hybridized carbons (Fsp3) is 0.400. The largest absolute Gasteiger partial charge is 1.00 e. The van der Waals surface area contributed by atoms with E-state index in [0.717, 1.165) is 0 Å². The summed E-state index contributed by atoms with van der Waals surface area (Å²) in [5.41, 5.74) is 0. The molecule has 12 heavy (non-hydrogen) atoms. The Morgan fingerprint density at radius 2 is 1.42 bits per heavy atom. The fourth-order valence-corrected chi connectivity index (χ4v) is 0.327. The molecule has 0 fully saturated rings. The number of ketones is 1. The number of carbonyl (C=O) groups excluding carboxylic acids is 1. The zero-order valence-electron chi connectivity index (χ0n) is 9.03. The van der Waals surface area contributed by atoms with Crippen LogP contribution in [0, 0.1) is 0 Å². The molecule has 0 heterocycles. The van der Waals surface area contributed by atoms with E-state index in [1.807, 2.05) is 0 Å². The Hall–Kier alpha value is 1.88. The van der Waals surface area contributed by atoms with Crippen molar-refractivity contribution in [3.63, 3.8) is 0 Å². The maximum Gasteiger partial charge on any atom is 1.00 e. The van der Waals surface area contributed by atoms with Gasteiger partial charge in [0, 0.05) is 6.42 Å². The van der Waals surface area contributed by atoms with E-state index in [-0.39, 0.29) is 106 Å². The molecular formula is C5H8K2O5. The summed E-state index contributed by atoms with van der Waals surface area (Å²) in [6, 6.07) is 0. The molecule has 60 valence electrons. The quantitative estimate of drug-likeness (QED) is 0.367. The van der Waals surface area contributed by atoms with Crippen LogP contribution in [0.5, 0.6) is 0 Å². The van der Waals surface area contributed by atoms with Crippen LogP contribution in [0.15, 0.2) is 0 Å². The van der Waals surface area contributed by atoms with Crippen molar-refractivity contribution >= 4 is 17.7 Å². The van der Waals surface area contributed by atoms with Gasteiger partial charge in [0.05, 0.1) is 6.42 Å². The molecule has 0 unspecified atom stereocenters. The van der Waals surface area contributed by atoms with Gasteiger partial charge in [0.2, 0.25) is 5.78 Å². The first-order chi connectivity index (χ1) is 4.54. The van der Waals surface area contributed by atoms with Crippen molar-refractivity contribution in [3.05, 3.63) is 0 Å². The van der Waals surface area contributed by atoms with Crippen molar-refractivity contribution in [2.45, 2.75) is 12.8 Å². The number of rotatable bonds is 4. The van der Waals surface area contributed by atoms with E-state index >= 15 is 0 Å². The third-order valence-electron chi connectivity index (χ3n) is 0.804. The number of Topliss-reactive ketones (excluding diaryl/α,β-unsaturated/α-hetero) is 1. The van der Waals surface area contributed by atoms with Gasteiger partial charge >= 0.3 is 115 Å². The standard InChI is InChI=1S/C5H6O5.2K.2H/c6-3(5(9)10)1-2-4(7)8;;;;/h1-2H2,(H,7,8)(H,9,10);;;;/q;2*+1;2*-1. The van der Waals surface area contributed by atoms with Crippen LogP contribution >= 0.6 is 0 Å². The number of hydrogen-bond donors (Lipinski definition) is 2. The Balaban J connectivity index is -0.0000000675. The molecule has 0 aliphatic carbocycles. The molecule has 5 nitrogen and oxygen atoms in total. The molecule has 0 aromatic carbocycles. The van der Waals surface area contributed by atoms with Gasteiger partial charge in [0.25, 0.3) is 0 Å². The summed E-state index contributed by atoms with van der Waals surface area (Å²) in [6.45, 7) is 0. The van der Waals surface area contributed by atoms with Crippen LogP contribution in [-0.4, -0.2) is 27.9 Å². The first-order valence-electron chi connectivity index (χ1n) is 2.52. The van der Waals surface area contributed by atoms with Gasteiger partial charge in [0.15, 0.2) is 0 Å². The van der Waals surface area contributed by atoms with E-state index in [0.29, 0.717) is 0 Å². The van der Waals surface area contributed by atoms with Crippen LogP contribution in [0.25, 0.3) is 0 Å². The SMILES string of the molecule is O=C(O)CCC(=O)C(=O)O.[H-].[H-].[K+].[K+]. The van der Waals surface area contributed by atoms with Gasteiger partial charge < -0.3 is 13.1 Å². The van der Waals surface area contributed by atoms with Crippen LogP contribution in [0.4, 0.5) is 0 Å². The van der Waals surface area contributed by atoms with Crippen molar-refractivity contribution in [2.75, 3.05) is 0 Å². The second-order valence-corrected chi connectivity index (χ2v) is 1.62. The molecule has 0 atom stereocenters. The topological polar surface area (TPSA) is 91.7 Å². The molecule has 0 aromatic rings. The molecule has 0 radical (unpaired) electrons. The average molecular weight is 226 g/mol. The van der Waals surface area contributed by atoms with Crippen molar-refractivity contribution in [3.8, 4) is 0 Å². The van der Waals surface area contributed by atoms with Crippen LogP contribution < -0.4 is 103 Å². The Labute approximate surface area is 157 Å². The van der Waals surface area contributed by atoms with Crippen molar-refractivity contribution in [2.24, 2.45) is 0 Å². The minimum atomic E-state index is -1.58. The molecular weight excluding hydrogens is 218 g/mol. The van der Waals surface area contributed by atoms with E-state index in [1.165, 1.54) is 0 Å². The predicted octanol–water partition coefficient (Wildman–Crippen LogP) is -6.26. The molecule has 0 aliphatic heterocycles. The van der Waals surface area contributed by atoms with Crippen molar-refractivity contribution in [1.82, 2.24) is 0 Å². The number of hydrogen-bond acceptors (Lipinski definition) is 3. The van der Waals surface area contributed by atoms with Gasteiger partial charge in [-0.2, -0.15) is 0 Å². The number of carboxylic acid groups (broad SMARTS) is 2. The second-order valence-electron chi connectivity index (χ2n) is 1.62. The Morgan fingerprint density at radius 3 is 1.67 bits per heavy atom. The third kappa shape index (κ3) is 11.9. The minimum Gasteiger partial charge on any atom is -1.00 e. The maximum absolute atomic E-state index is 10.2. The number of carboxylic acids is 2. The molecule has 0 bridgehead atoms. The summed E-state index contributed by atoms with van der Waals surface area (Å²) in [7, 11) is 0. The predicted molar refractivity (Wildman–Crippen MR) is 31.7 cm³/mol. The Morgan fingerprint density at radius 1 is 1.00 bits per heavy atom. The zero-order chi connectivity index (χ0) is 8.15. The van der Waals surface area contributed by atoms with E-state index < -0.39 is 30.6 Å². The fourth-order valence-electron chi connectivity index (χ4n) is 0.327. The summed E-state index contributed by atoms with van der Waals surface area (Å²) in [5, 5.41) is 16.0. The third-order valence-corrected chi connectivity index (χ3v) is 0.804. The molecule has 2 N–H and O–H groups in total. The zero-order valence-corrected chi connectivity index (χ0v) is 13.3. The molecule has 0 spiro atoms. The molecule has 0 amide bonds. The van der Waals surface area contributed by atoms with Gasteiger partial charge in [-0.3, -0.25) is 9.59 Å². The summed E-state index contributed by atoms with van der Waals surface area (Å²) in [4.78, 5) is 29.7. The number of aliphatic carboxylic acids is 2. The van der Waals surface area contributed by atoms with Gasteiger partial charge in [-0.05, 0) is 0 Å². The summed E-state index contributed by atoms with van der Waals surface area (Å²) in [6.07, 6.45) is -0.865. The minimum absolute atomic E-state index is 0. The van der Waals surface area contributed by atoms with Crippen LogP contribution in [0.2, 0.25) is 0 Å². The van der Waals surface area contributed by atoms with Crippen LogP contribution in [0.1, 0.15) is 15.7 Å². The summed E-state index contributed by atoms with van der Waals surface area (Å²) < 4.78 is 0. The monoisotopic (exact) mass is 226 g/mol. The number of carbonyl (C=O) groups is 3. The first kappa shape index (κ1) is 19.5. The molecule has 0 saturated heterocycles. The molecule has 0 saturated carbocycles. The normalized spacial score (nSPS) is 7.33. The Bertz CT molecular complexity index is 187. The molecule has 0 aliphatic rings. The van der Waals surface area contributed by atoms with Crippen LogP contribution in [-0.2, 0) is 14.4 Å².